The Bertz CT molecular complexity index is 632. The van der Waals surface area contributed by atoms with Crippen molar-refractivity contribution in [3.05, 3.63) is 28.5 Å². The molecule has 0 aliphatic heterocycles. The van der Waals surface area contributed by atoms with Gasteiger partial charge in [0.2, 0.25) is 0 Å². The molecule has 20 heavy (non-hydrogen) atoms. The van der Waals surface area contributed by atoms with E-state index in [0.717, 1.165) is 0 Å². The monoisotopic (exact) mass is 342 g/mol. The number of hydrogen-bond donors (Lipinski definition) is 1. The lowest BCUT2D eigenvalue weighted by Gasteiger charge is -2.08. The lowest BCUT2D eigenvalue weighted by molar-refractivity contribution is -0.141. The van der Waals surface area contributed by atoms with Crippen LogP contribution in [0.5, 0.6) is 0 Å². The van der Waals surface area contributed by atoms with Crippen molar-refractivity contribution in [2.45, 2.75) is 19.9 Å². The zero-order valence-corrected chi connectivity index (χ0v) is 12.2. The normalized spacial score (nSPS) is 12.3. The molecule has 0 spiro atoms. The summed E-state index contributed by atoms with van der Waals surface area (Å²) in [5.41, 5.74) is 0.526. The number of aliphatic carboxylic acids is 1. The molecule has 8 heteroatoms. The molecule has 0 saturated heterocycles. The number of nitrogens with zero attached hydrogens (tertiary/aromatic N) is 4. The number of carboxylic acids is 1. The number of tetrazole rings is 1. The SMILES string of the molecule is CC(CCn1nnnc1-c1cccc(F)c1Br)C(=O)O. The molecule has 1 unspecified atom stereocenters. The van der Waals surface area contributed by atoms with Crippen LogP contribution < -0.4 is 0 Å². The molecule has 2 rings (SSSR count). The van der Waals surface area contributed by atoms with Crippen LogP contribution in [0.3, 0.4) is 0 Å². The quantitative estimate of drug-likeness (QED) is 0.901. The van der Waals surface area contributed by atoms with E-state index in [1.54, 1.807) is 19.1 Å². The Morgan fingerprint density at radius 3 is 3.00 bits per heavy atom. The van der Waals surface area contributed by atoms with Gasteiger partial charge in [-0.05, 0) is 44.9 Å². The van der Waals surface area contributed by atoms with Gasteiger partial charge in [-0.15, -0.1) is 5.10 Å². The van der Waals surface area contributed by atoms with Gasteiger partial charge in [0.05, 0.1) is 10.4 Å². The highest BCUT2D eigenvalue weighted by atomic mass is 79.9. The van der Waals surface area contributed by atoms with Crippen molar-refractivity contribution in [2.24, 2.45) is 5.92 Å². The van der Waals surface area contributed by atoms with Crippen LogP contribution in [0.1, 0.15) is 13.3 Å². The number of carbonyl (C=O) groups is 1. The maximum Gasteiger partial charge on any atom is 0.306 e. The third-order valence-electron chi connectivity index (χ3n) is 2.92. The topological polar surface area (TPSA) is 80.9 Å². The van der Waals surface area contributed by atoms with E-state index in [-0.39, 0.29) is 4.47 Å². The molecule has 0 saturated carbocycles. The first-order valence-corrected chi connectivity index (χ1v) is 6.73. The minimum Gasteiger partial charge on any atom is -0.481 e. The molecule has 0 aliphatic rings. The van der Waals surface area contributed by atoms with Crippen LogP contribution >= 0.6 is 15.9 Å². The van der Waals surface area contributed by atoms with Gasteiger partial charge in [-0.2, -0.15) is 0 Å². The van der Waals surface area contributed by atoms with E-state index >= 15 is 0 Å². The average molecular weight is 343 g/mol. The number of aromatic nitrogens is 4. The van der Waals surface area contributed by atoms with Crippen molar-refractivity contribution in [3.63, 3.8) is 0 Å². The van der Waals surface area contributed by atoms with Crippen LogP contribution in [-0.2, 0) is 11.3 Å². The standard InChI is InChI=1S/C12H12BrFN4O2/c1-7(12(19)20)5-6-18-11(15-16-17-18)8-3-2-4-9(14)10(8)13/h2-4,7H,5-6H2,1H3,(H,19,20). The van der Waals surface area contributed by atoms with Crippen molar-refractivity contribution in [3.8, 4) is 11.4 Å². The van der Waals surface area contributed by atoms with Gasteiger partial charge >= 0.3 is 5.97 Å². The first-order valence-electron chi connectivity index (χ1n) is 5.94. The minimum atomic E-state index is -0.869. The van der Waals surface area contributed by atoms with E-state index in [9.17, 15) is 9.18 Å². The van der Waals surface area contributed by atoms with E-state index in [4.69, 9.17) is 5.11 Å². The fourth-order valence-corrected chi connectivity index (χ4v) is 2.11. The van der Waals surface area contributed by atoms with Crippen molar-refractivity contribution in [1.29, 1.82) is 0 Å². The second-order valence-electron chi connectivity index (χ2n) is 4.35. The summed E-state index contributed by atoms with van der Waals surface area (Å²) < 4.78 is 15.3. The fourth-order valence-electron chi connectivity index (χ4n) is 1.66. The fraction of sp³-hybridized carbons (Fsp3) is 0.333. The minimum absolute atomic E-state index is 0.280. The highest BCUT2D eigenvalue weighted by Crippen LogP contribution is 2.28. The third-order valence-corrected chi connectivity index (χ3v) is 3.73. The zero-order valence-electron chi connectivity index (χ0n) is 10.6. The van der Waals surface area contributed by atoms with E-state index in [1.807, 2.05) is 0 Å². The molecule has 0 bridgehead atoms. The molecule has 6 nitrogen and oxygen atoms in total. The molecular weight excluding hydrogens is 331 g/mol. The molecule has 1 aromatic carbocycles. The molecule has 0 radical (unpaired) electrons. The van der Waals surface area contributed by atoms with Crippen molar-refractivity contribution < 1.29 is 14.3 Å². The van der Waals surface area contributed by atoms with Gasteiger partial charge in [0.1, 0.15) is 5.82 Å². The molecule has 2 aromatic rings. The third kappa shape index (κ3) is 3.01. The van der Waals surface area contributed by atoms with Gasteiger partial charge in [-0.25, -0.2) is 9.07 Å². The molecular formula is C12H12BrFN4O2. The largest absolute Gasteiger partial charge is 0.481 e. The van der Waals surface area contributed by atoms with Gasteiger partial charge in [-0.1, -0.05) is 13.0 Å². The highest BCUT2D eigenvalue weighted by molar-refractivity contribution is 9.10. The Hall–Kier alpha value is -1.83. The van der Waals surface area contributed by atoms with Crippen LogP contribution in [-0.4, -0.2) is 31.3 Å². The summed E-state index contributed by atoms with van der Waals surface area (Å²) in [6.45, 7) is 1.96. The number of rotatable bonds is 5. The maximum atomic E-state index is 13.5. The Kier molecular flexibility index (Phi) is 4.43. The Morgan fingerprint density at radius 1 is 1.55 bits per heavy atom. The summed E-state index contributed by atoms with van der Waals surface area (Å²) in [5.74, 6) is -1.38. The van der Waals surface area contributed by atoms with Gasteiger partial charge in [-0.3, -0.25) is 4.79 Å². The van der Waals surface area contributed by atoms with Crippen molar-refractivity contribution in [2.75, 3.05) is 0 Å². The molecule has 0 fully saturated rings. The molecule has 1 heterocycles. The summed E-state index contributed by atoms with van der Waals surface area (Å²) in [4.78, 5) is 10.8. The number of carboxylic acid groups (broad SMARTS) is 1. The average Bonchev–Trinajstić information content (AvgIpc) is 2.87. The van der Waals surface area contributed by atoms with Crippen LogP contribution in [0.25, 0.3) is 11.4 Å². The van der Waals surface area contributed by atoms with Crippen LogP contribution in [0.4, 0.5) is 4.39 Å². The Labute approximate surface area is 122 Å². The summed E-state index contributed by atoms with van der Waals surface area (Å²) >= 11 is 3.16. The van der Waals surface area contributed by atoms with Crippen molar-refractivity contribution in [1.82, 2.24) is 20.2 Å². The Morgan fingerprint density at radius 2 is 2.30 bits per heavy atom. The lowest BCUT2D eigenvalue weighted by atomic mass is 10.1. The first-order chi connectivity index (χ1) is 9.50. The summed E-state index contributed by atoms with van der Waals surface area (Å²) in [7, 11) is 0. The summed E-state index contributed by atoms with van der Waals surface area (Å²) in [6, 6.07) is 4.58. The molecule has 1 atom stereocenters. The van der Waals surface area contributed by atoms with Crippen LogP contribution in [0.2, 0.25) is 0 Å². The van der Waals surface area contributed by atoms with Gasteiger partial charge in [0.15, 0.2) is 5.82 Å². The van der Waals surface area contributed by atoms with Gasteiger partial charge in [0.25, 0.3) is 0 Å². The summed E-state index contributed by atoms with van der Waals surface area (Å²) in [6.07, 6.45) is 0.389. The predicted molar refractivity (Wildman–Crippen MR) is 72.3 cm³/mol. The summed E-state index contributed by atoms with van der Waals surface area (Å²) in [5, 5.41) is 20.1. The molecule has 1 N–H and O–H groups in total. The zero-order chi connectivity index (χ0) is 14.7. The second kappa shape index (κ2) is 6.08. The van der Waals surface area contributed by atoms with Crippen LogP contribution in [0, 0.1) is 11.7 Å². The smallest absolute Gasteiger partial charge is 0.306 e. The van der Waals surface area contributed by atoms with Crippen molar-refractivity contribution >= 4 is 21.9 Å². The predicted octanol–water partition coefficient (Wildman–Crippen LogP) is 2.35. The lowest BCUT2D eigenvalue weighted by Crippen LogP contribution is -2.14. The maximum absolute atomic E-state index is 13.5. The van der Waals surface area contributed by atoms with Gasteiger partial charge in [0, 0.05) is 12.1 Å². The first kappa shape index (κ1) is 14.6. The van der Waals surface area contributed by atoms with E-state index in [2.05, 4.69) is 31.5 Å². The number of halogens is 2. The molecule has 0 aliphatic carbocycles. The van der Waals surface area contributed by atoms with E-state index < -0.39 is 17.7 Å². The Balaban J connectivity index is 2.25. The highest BCUT2D eigenvalue weighted by Gasteiger charge is 2.16. The molecule has 0 amide bonds. The number of benzene rings is 1. The number of aryl methyl sites for hydroxylation is 1. The second-order valence-corrected chi connectivity index (χ2v) is 5.15. The van der Waals surface area contributed by atoms with Gasteiger partial charge < -0.3 is 5.11 Å². The van der Waals surface area contributed by atoms with Crippen LogP contribution in [0.15, 0.2) is 22.7 Å². The van der Waals surface area contributed by atoms with E-state index in [0.29, 0.717) is 24.4 Å². The molecule has 1 aromatic heterocycles. The number of hydrogen-bond acceptors (Lipinski definition) is 4. The molecule has 106 valence electrons. The van der Waals surface area contributed by atoms with E-state index in [1.165, 1.54) is 10.7 Å².